The predicted octanol–water partition coefficient (Wildman–Crippen LogP) is 4.85. The van der Waals surface area contributed by atoms with Crippen LogP contribution in [0.4, 0.5) is 0 Å². The number of nitriles is 1. The van der Waals surface area contributed by atoms with Gasteiger partial charge in [-0.1, -0.05) is 0 Å². The SMILES string of the molecule is Cc1c(C#N)c(-c2ccccc2)c(Sc2cc(Cl)cc(Cl)c2)n1CC1=CC=C[I-]C=C1. The summed E-state index contributed by atoms with van der Waals surface area (Å²) in [6.45, 7) is 2.71. The molecule has 0 atom stereocenters. The molecule has 3 aromatic rings. The summed E-state index contributed by atoms with van der Waals surface area (Å²) in [6.07, 6.45) is 6.49. The van der Waals surface area contributed by atoms with Gasteiger partial charge in [-0.15, -0.1) is 0 Å². The van der Waals surface area contributed by atoms with Gasteiger partial charge in [-0.25, -0.2) is 0 Å². The van der Waals surface area contributed by atoms with E-state index in [2.05, 4.69) is 37.0 Å². The zero-order valence-electron chi connectivity index (χ0n) is 16.6. The molecule has 0 radical (unpaired) electrons. The first kappa shape index (κ1) is 22.3. The van der Waals surface area contributed by atoms with E-state index >= 15 is 0 Å². The number of benzene rings is 2. The van der Waals surface area contributed by atoms with Crippen LogP contribution in [0.15, 0.2) is 90.4 Å². The Morgan fingerprint density at radius 1 is 1.06 bits per heavy atom. The van der Waals surface area contributed by atoms with Gasteiger partial charge in [0.2, 0.25) is 0 Å². The van der Waals surface area contributed by atoms with Crippen LogP contribution in [-0.4, -0.2) is 4.57 Å². The molecule has 4 rings (SSSR count). The molecule has 0 unspecified atom stereocenters. The van der Waals surface area contributed by atoms with E-state index in [0.717, 1.165) is 26.7 Å². The number of hydrogen-bond acceptors (Lipinski definition) is 2. The van der Waals surface area contributed by atoms with E-state index in [4.69, 9.17) is 23.2 Å². The number of rotatable bonds is 5. The van der Waals surface area contributed by atoms with Crippen LogP contribution in [0, 0.1) is 18.3 Å². The van der Waals surface area contributed by atoms with Crippen LogP contribution in [0.2, 0.25) is 10.0 Å². The molecule has 0 N–H and O–H groups in total. The van der Waals surface area contributed by atoms with Crippen LogP contribution in [0.5, 0.6) is 0 Å². The molecule has 0 amide bonds. The Hall–Kier alpha value is -1.91. The third-order valence-corrected chi connectivity index (χ3v) is 7.98. The summed E-state index contributed by atoms with van der Waals surface area (Å²) >= 11 is 14.1. The molecule has 2 aromatic carbocycles. The van der Waals surface area contributed by atoms with Gasteiger partial charge in [0, 0.05) is 0 Å². The quantitative estimate of drug-likeness (QED) is 0.407. The third-order valence-electron chi connectivity index (χ3n) is 4.85. The molecule has 0 aliphatic carbocycles. The molecule has 6 heteroatoms. The Labute approximate surface area is 207 Å². The number of hydrogen-bond donors (Lipinski definition) is 0. The fraction of sp³-hybridized carbons (Fsp3) is 0.0800. The fourth-order valence-corrected chi connectivity index (χ4v) is 6.66. The summed E-state index contributed by atoms with van der Waals surface area (Å²) in [7, 11) is 0. The van der Waals surface area contributed by atoms with E-state index in [9.17, 15) is 5.26 Å². The molecule has 2 heterocycles. The molecular formula is C25H18Cl2IN2S-. The van der Waals surface area contributed by atoms with Crippen molar-refractivity contribution in [3.8, 4) is 17.2 Å². The summed E-state index contributed by atoms with van der Waals surface area (Å²) in [5.41, 5.74) is 4.83. The van der Waals surface area contributed by atoms with Crippen molar-refractivity contribution in [2.45, 2.75) is 23.4 Å². The normalized spacial score (nSPS) is 13.3. The molecule has 0 bridgehead atoms. The van der Waals surface area contributed by atoms with Crippen LogP contribution in [0.25, 0.3) is 11.1 Å². The Kier molecular flexibility index (Phi) is 7.29. The number of halogens is 3. The van der Waals surface area contributed by atoms with Crippen molar-refractivity contribution in [2.24, 2.45) is 0 Å². The second kappa shape index (κ2) is 10.1. The molecular weight excluding hydrogens is 558 g/mol. The van der Waals surface area contributed by atoms with E-state index in [-0.39, 0.29) is 21.2 Å². The summed E-state index contributed by atoms with van der Waals surface area (Å²) in [5, 5.41) is 12.2. The van der Waals surface area contributed by atoms with Gasteiger partial charge in [-0.3, -0.25) is 0 Å². The molecule has 2 nitrogen and oxygen atoms in total. The van der Waals surface area contributed by atoms with Crippen molar-refractivity contribution < 1.29 is 21.2 Å². The monoisotopic (exact) mass is 575 g/mol. The predicted molar refractivity (Wildman–Crippen MR) is 126 cm³/mol. The van der Waals surface area contributed by atoms with E-state index in [1.807, 2.05) is 49.4 Å². The van der Waals surface area contributed by atoms with E-state index in [1.165, 1.54) is 5.57 Å². The molecule has 31 heavy (non-hydrogen) atoms. The first-order valence-electron chi connectivity index (χ1n) is 9.53. The van der Waals surface area contributed by atoms with Crippen molar-refractivity contribution in [1.29, 1.82) is 5.26 Å². The average molecular weight is 576 g/mol. The Morgan fingerprint density at radius 2 is 1.81 bits per heavy atom. The van der Waals surface area contributed by atoms with Gasteiger partial charge in [0.25, 0.3) is 0 Å². The standard InChI is InChI=1S/C25H18Cl2IN2S/c1-17-23(15-29)24(19-7-3-2-4-8-19)25(31-22-13-20(26)12-21(27)14-22)30(17)16-18-6-5-10-28-11-9-18/h2-14H,16H2,1H3/q-1. The van der Waals surface area contributed by atoms with Gasteiger partial charge in [0.1, 0.15) is 0 Å². The second-order valence-electron chi connectivity index (χ2n) is 6.89. The van der Waals surface area contributed by atoms with E-state index in [0.29, 0.717) is 22.2 Å². The van der Waals surface area contributed by atoms with Crippen molar-refractivity contribution in [2.75, 3.05) is 0 Å². The Balaban J connectivity index is 1.91. The minimum atomic E-state index is -0.0305. The van der Waals surface area contributed by atoms with Crippen LogP contribution in [-0.2, 0) is 6.54 Å². The average Bonchev–Trinajstić information content (AvgIpc) is 2.91. The van der Waals surface area contributed by atoms with E-state index < -0.39 is 0 Å². The van der Waals surface area contributed by atoms with Crippen molar-refractivity contribution in [3.63, 3.8) is 0 Å². The summed E-state index contributed by atoms with van der Waals surface area (Å²) in [6, 6.07) is 18.1. The van der Waals surface area contributed by atoms with Crippen molar-refractivity contribution in [3.05, 3.63) is 102 Å². The second-order valence-corrected chi connectivity index (χ2v) is 11.0. The molecule has 0 saturated carbocycles. The maximum atomic E-state index is 10.1. The minimum absolute atomic E-state index is 0.0305. The first-order valence-corrected chi connectivity index (χ1v) is 13.6. The molecule has 1 aliphatic heterocycles. The van der Waals surface area contributed by atoms with Crippen molar-refractivity contribution >= 4 is 35.0 Å². The topological polar surface area (TPSA) is 28.7 Å². The van der Waals surface area contributed by atoms with Gasteiger partial charge in [-0.05, 0) is 0 Å². The summed E-state index contributed by atoms with van der Waals surface area (Å²) in [4.78, 5) is 0.939. The van der Waals surface area contributed by atoms with Gasteiger partial charge in [0.15, 0.2) is 0 Å². The Bertz CT molecular complexity index is 1230. The molecule has 1 aliphatic rings. The van der Waals surface area contributed by atoms with Crippen LogP contribution in [0.1, 0.15) is 11.3 Å². The van der Waals surface area contributed by atoms with E-state index in [1.54, 1.807) is 17.8 Å². The summed E-state index contributed by atoms with van der Waals surface area (Å²) < 4.78 is 6.73. The molecule has 0 fully saturated rings. The molecule has 156 valence electrons. The number of allylic oxidation sites excluding steroid dienone is 4. The van der Waals surface area contributed by atoms with Crippen LogP contribution in [0.3, 0.4) is 0 Å². The zero-order valence-corrected chi connectivity index (χ0v) is 21.1. The van der Waals surface area contributed by atoms with Gasteiger partial charge >= 0.3 is 208 Å². The van der Waals surface area contributed by atoms with Crippen LogP contribution < -0.4 is 21.2 Å². The van der Waals surface area contributed by atoms with Gasteiger partial charge < -0.3 is 0 Å². The first-order chi connectivity index (χ1) is 15.1. The number of nitrogens with zero attached hydrogens (tertiary/aromatic N) is 2. The van der Waals surface area contributed by atoms with Gasteiger partial charge in [0.05, 0.1) is 0 Å². The van der Waals surface area contributed by atoms with Crippen LogP contribution >= 0.6 is 35.0 Å². The fourth-order valence-electron chi connectivity index (χ4n) is 3.42. The molecule has 0 saturated heterocycles. The zero-order chi connectivity index (χ0) is 21.8. The van der Waals surface area contributed by atoms with Crippen molar-refractivity contribution in [1.82, 2.24) is 4.57 Å². The number of aromatic nitrogens is 1. The third kappa shape index (κ3) is 5.12. The molecule has 0 spiro atoms. The van der Waals surface area contributed by atoms with Gasteiger partial charge in [-0.2, -0.15) is 0 Å². The Morgan fingerprint density at radius 3 is 2.52 bits per heavy atom. The maximum absolute atomic E-state index is 10.1. The molecule has 1 aromatic heterocycles. The summed E-state index contributed by atoms with van der Waals surface area (Å²) in [5.74, 6) is 0.